The Morgan fingerprint density at radius 3 is 2.89 bits per heavy atom. The molecule has 5 rings (SSSR count). The van der Waals surface area contributed by atoms with E-state index in [2.05, 4.69) is 75.7 Å². The Kier molecular flexibility index (Phi) is 4.01. The largest absolute Gasteiger partial charge is 0.346 e. The lowest BCUT2D eigenvalue weighted by Gasteiger charge is -2.39. The smallest absolute Gasteiger partial charge is 0.139 e. The molecule has 27 heavy (non-hydrogen) atoms. The minimum absolute atomic E-state index is 0.487. The minimum Gasteiger partial charge on any atom is -0.346 e. The van der Waals surface area contributed by atoms with Gasteiger partial charge in [-0.2, -0.15) is 0 Å². The molecule has 4 nitrogen and oxygen atoms in total. The van der Waals surface area contributed by atoms with Crippen LogP contribution in [0.4, 0.5) is 0 Å². The zero-order valence-corrected chi connectivity index (χ0v) is 16.0. The molecule has 1 saturated heterocycles. The molecule has 1 N–H and O–H groups in total. The van der Waals surface area contributed by atoms with Crippen LogP contribution in [0.15, 0.2) is 54.9 Å². The number of hydrogen-bond acceptors (Lipinski definition) is 2. The third kappa shape index (κ3) is 2.85. The number of fused-ring (bicyclic) bond motifs is 3. The second kappa shape index (κ2) is 6.54. The number of H-pyrrole nitrogens is 1. The fourth-order valence-electron chi connectivity index (χ4n) is 4.72. The van der Waals surface area contributed by atoms with Gasteiger partial charge in [-0.05, 0) is 43.5 Å². The summed E-state index contributed by atoms with van der Waals surface area (Å²) in [4.78, 5) is 10.5. The monoisotopic (exact) mass is 358 g/mol. The summed E-state index contributed by atoms with van der Waals surface area (Å²) in [5.41, 5.74) is 5.04. The van der Waals surface area contributed by atoms with Crippen LogP contribution in [0, 0.1) is 12.8 Å². The maximum Gasteiger partial charge on any atom is 0.139 e. The number of aromatic amines is 1. The predicted molar refractivity (Wildman–Crippen MR) is 111 cm³/mol. The van der Waals surface area contributed by atoms with E-state index in [1.807, 2.05) is 12.4 Å². The average Bonchev–Trinajstić information content (AvgIpc) is 3.27. The van der Waals surface area contributed by atoms with E-state index in [-0.39, 0.29) is 0 Å². The van der Waals surface area contributed by atoms with E-state index in [1.165, 1.54) is 40.5 Å². The predicted octanol–water partition coefficient (Wildman–Crippen LogP) is 4.91. The SMILES string of the molecule is Cc1cc2cnc3[nH]ccc3c2n1[C@H]1CN(Cc2ccccc2)CC[C@H]1C. The number of nitrogens with zero attached hydrogens (tertiary/aromatic N) is 3. The number of benzene rings is 1. The number of likely N-dealkylation sites (tertiary alicyclic amines) is 1. The molecule has 1 fully saturated rings. The van der Waals surface area contributed by atoms with Crippen molar-refractivity contribution in [2.45, 2.75) is 32.9 Å². The molecule has 1 aliphatic rings. The number of nitrogens with one attached hydrogen (secondary N) is 1. The molecule has 0 bridgehead atoms. The van der Waals surface area contributed by atoms with Gasteiger partial charge in [-0.15, -0.1) is 0 Å². The van der Waals surface area contributed by atoms with E-state index in [1.54, 1.807) is 0 Å². The van der Waals surface area contributed by atoms with Crippen molar-refractivity contribution in [1.29, 1.82) is 0 Å². The molecule has 138 valence electrons. The number of aromatic nitrogens is 3. The molecule has 0 radical (unpaired) electrons. The second-order valence-corrected chi connectivity index (χ2v) is 8.01. The zero-order chi connectivity index (χ0) is 18.4. The first-order chi connectivity index (χ1) is 13.2. The minimum atomic E-state index is 0.487. The maximum atomic E-state index is 4.58. The van der Waals surface area contributed by atoms with Gasteiger partial charge in [-0.3, -0.25) is 4.90 Å². The van der Waals surface area contributed by atoms with Crippen molar-refractivity contribution in [1.82, 2.24) is 19.4 Å². The Bertz CT molecular complexity index is 1080. The molecule has 4 aromatic rings. The van der Waals surface area contributed by atoms with Gasteiger partial charge in [0.05, 0.1) is 5.52 Å². The van der Waals surface area contributed by atoms with E-state index in [9.17, 15) is 0 Å². The summed E-state index contributed by atoms with van der Waals surface area (Å²) in [6.07, 6.45) is 5.24. The van der Waals surface area contributed by atoms with Crippen LogP contribution < -0.4 is 0 Å². The number of pyridine rings is 1. The fraction of sp³-hybridized carbons (Fsp3) is 0.348. The third-order valence-electron chi connectivity index (χ3n) is 6.16. The molecule has 3 aromatic heterocycles. The van der Waals surface area contributed by atoms with Crippen molar-refractivity contribution in [3.05, 3.63) is 66.1 Å². The lowest BCUT2D eigenvalue weighted by Crippen LogP contribution is -2.40. The first kappa shape index (κ1) is 16.6. The Morgan fingerprint density at radius 2 is 2.04 bits per heavy atom. The van der Waals surface area contributed by atoms with Crippen molar-refractivity contribution in [3.8, 4) is 0 Å². The molecule has 0 unspecified atom stereocenters. The Hall–Kier alpha value is -2.59. The summed E-state index contributed by atoms with van der Waals surface area (Å²) in [5.74, 6) is 0.661. The highest BCUT2D eigenvalue weighted by Gasteiger charge is 2.29. The lowest BCUT2D eigenvalue weighted by atomic mass is 9.92. The van der Waals surface area contributed by atoms with E-state index >= 15 is 0 Å². The summed E-state index contributed by atoms with van der Waals surface area (Å²) in [7, 11) is 0. The van der Waals surface area contributed by atoms with E-state index in [0.29, 0.717) is 12.0 Å². The molecule has 0 aliphatic carbocycles. The summed E-state index contributed by atoms with van der Waals surface area (Å²) in [5, 5.41) is 2.47. The van der Waals surface area contributed by atoms with Crippen LogP contribution >= 0.6 is 0 Å². The van der Waals surface area contributed by atoms with Gasteiger partial charge in [-0.25, -0.2) is 4.98 Å². The number of aryl methyl sites for hydroxylation is 1. The van der Waals surface area contributed by atoms with Crippen LogP contribution in [0.1, 0.15) is 30.6 Å². The molecule has 2 atom stereocenters. The van der Waals surface area contributed by atoms with E-state index in [4.69, 9.17) is 0 Å². The molecule has 0 saturated carbocycles. The van der Waals surface area contributed by atoms with Crippen LogP contribution in [-0.4, -0.2) is 32.5 Å². The van der Waals surface area contributed by atoms with Gasteiger partial charge in [0, 0.05) is 48.0 Å². The van der Waals surface area contributed by atoms with Gasteiger partial charge < -0.3 is 9.55 Å². The van der Waals surface area contributed by atoms with Gasteiger partial charge in [0.15, 0.2) is 0 Å². The van der Waals surface area contributed by atoms with Crippen molar-refractivity contribution >= 4 is 21.9 Å². The molecule has 0 spiro atoms. The summed E-state index contributed by atoms with van der Waals surface area (Å²) < 4.78 is 2.58. The normalized spacial score (nSPS) is 21.3. The first-order valence-corrected chi connectivity index (χ1v) is 9.90. The fourth-order valence-corrected chi connectivity index (χ4v) is 4.72. The summed E-state index contributed by atoms with van der Waals surface area (Å²) >= 11 is 0. The number of hydrogen-bond donors (Lipinski definition) is 1. The number of piperidine rings is 1. The van der Waals surface area contributed by atoms with Crippen LogP contribution in [-0.2, 0) is 6.54 Å². The lowest BCUT2D eigenvalue weighted by molar-refractivity contribution is 0.128. The Morgan fingerprint density at radius 1 is 1.19 bits per heavy atom. The maximum absolute atomic E-state index is 4.58. The van der Waals surface area contributed by atoms with Crippen molar-refractivity contribution in [3.63, 3.8) is 0 Å². The highest BCUT2D eigenvalue weighted by atomic mass is 15.2. The second-order valence-electron chi connectivity index (χ2n) is 8.01. The Balaban J connectivity index is 1.54. The molecule has 4 heteroatoms. The molecule has 4 heterocycles. The van der Waals surface area contributed by atoms with Gasteiger partial charge in [0.2, 0.25) is 0 Å². The summed E-state index contributed by atoms with van der Waals surface area (Å²) in [6.45, 7) is 7.94. The third-order valence-corrected chi connectivity index (χ3v) is 6.16. The van der Waals surface area contributed by atoms with Gasteiger partial charge in [-0.1, -0.05) is 37.3 Å². The van der Waals surface area contributed by atoms with Gasteiger partial charge in [0.25, 0.3) is 0 Å². The highest BCUT2D eigenvalue weighted by molar-refractivity contribution is 6.03. The van der Waals surface area contributed by atoms with Gasteiger partial charge in [0.1, 0.15) is 5.65 Å². The van der Waals surface area contributed by atoms with Crippen LogP contribution in [0.2, 0.25) is 0 Å². The topological polar surface area (TPSA) is 36.9 Å². The summed E-state index contributed by atoms with van der Waals surface area (Å²) in [6, 6.07) is 15.8. The standard InChI is InChI=1S/C23H26N4/c1-16-9-11-26(14-18-6-4-3-5-7-18)15-21(16)27-17(2)12-19-13-25-23-20(22(19)27)8-10-24-23/h3-8,10,12-13,16,21H,9,11,14-15H2,1-2H3,(H,24,25)/t16-,21+/m1/s1. The van der Waals surface area contributed by atoms with Crippen LogP contribution in [0.5, 0.6) is 0 Å². The Labute approximate surface area is 159 Å². The average molecular weight is 358 g/mol. The highest BCUT2D eigenvalue weighted by Crippen LogP contribution is 2.35. The zero-order valence-electron chi connectivity index (χ0n) is 16.0. The van der Waals surface area contributed by atoms with Gasteiger partial charge >= 0.3 is 0 Å². The molecular formula is C23H26N4. The molecule has 0 amide bonds. The van der Waals surface area contributed by atoms with Crippen molar-refractivity contribution in [2.75, 3.05) is 13.1 Å². The molecular weight excluding hydrogens is 332 g/mol. The van der Waals surface area contributed by atoms with Crippen molar-refractivity contribution in [2.24, 2.45) is 5.92 Å². The van der Waals surface area contributed by atoms with E-state index in [0.717, 1.165) is 18.7 Å². The molecule has 1 aromatic carbocycles. The first-order valence-electron chi connectivity index (χ1n) is 9.90. The van der Waals surface area contributed by atoms with Crippen molar-refractivity contribution < 1.29 is 0 Å². The van der Waals surface area contributed by atoms with Crippen LogP contribution in [0.3, 0.4) is 0 Å². The quantitative estimate of drug-likeness (QED) is 0.565. The van der Waals surface area contributed by atoms with E-state index < -0.39 is 0 Å². The number of rotatable bonds is 3. The van der Waals surface area contributed by atoms with Crippen LogP contribution in [0.25, 0.3) is 21.9 Å². The molecule has 1 aliphatic heterocycles.